The van der Waals surface area contributed by atoms with E-state index in [2.05, 4.69) is 11.4 Å². The van der Waals surface area contributed by atoms with E-state index in [1.54, 1.807) is 4.31 Å². The zero-order valence-corrected chi connectivity index (χ0v) is 11.3. The van der Waals surface area contributed by atoms with Crippen LogP contribution in [0.15, 0.2) is 11.6 Å². The van der Waals surface area contributed by atoms with E-state index in [1.807, 2.05) is 6.92 Å². The number of sulfonamides is 1. The average molecular weight is 258 g/mol. The van der Waals surface area contributed by atoms with E-state index < -0.39 is 10.0 Å². The monoisotopic (exact) mass is 258 g/mol. The van der Waals surface area contributed by atoms with Crippen LogP contribution in [0.25, 0.3) is 0 Å². The molecule has 0 unspecified atom stereocenters. The number of rotatable bonds is 3. The molecule has 0 saturated carbocycles. The van der Waals surface area contributed by atoms with Crippen molar-refractivity contribution in [2.75, 3.05) is 31.9 Å². The van der Waals surface area contributed by atoms with E-state index in [0.717, 1.165) is 32.4 Å². The van der Waals surface area contributed by atoms with Gasteiger partial charge in [0, 0.05) is 13.1 Å². The number of nitrogens with zero attached hydrogens (tertiary/aromatic N) is 1. The Labute approximate surface area is 104 Å². The highest BCUT2D eigenvalue weighted by atomic mass is 32.2. The summed E-state index contributed by atoms with van der Waals surface area (Å²) >= 11 is 0. The molecule has 17 heavy (non-hydrogen) atoms. The second kappa shape index (κ2) is 5.50. The minimum absolute atomic E-state index is 0.335. The first-order valence-corrected chi connectivity index (χ1v) is 8.03. The van der Waals surface area contributed by atoms with Crippen molar-refractivity contribution in [3.63, 3.8) is 0 Å². The molecule has 4 nitrogen and oxygen atoms in total. The first-order chi connectivity index (χ1) is 8.08. The standard InChI is InChI=1S/C12H22N2O2S/c1-11-3-2-8-14(9-11)17(15,16)10-12-4-6-13-7-5-12/h3,12-13H,2,4-10H2,1H3. The summed E-state index contributed by atoms with van der Waals surface area (Å²) in [5, 5.41) is 3.27. The van der Waals surface area contributed by atoms with Gasteiger partial charge in [-0.2, -0.15) is 4.31 Å². The van der Waals surface area contributed by atoms with Crippen LogP contribution in [0.4, 0.5) is 0 Å². The summed E-state index contributed by atoms with van der Waals surface area (Å²) < 4.78 is 26.2. The highest BCUT2D eigenvalue weighted by Crippen LogP contribution is 2.19. The maximum absolute atomic E-state index is 12.3. The molecule has 0 aromatic rings. The van der Waals surface area contributed by atoms with Gasteiger partial charge in [-0.05, 0) is 45.2 Å². The van der Waals surface area contributed by atoms with Crippen LogP contribution in [-0.4, -0.2) is 44.7 Å². The maximum Gasteiger partial charge on any atom is 0.214 e. The lowest BCUT2D eigenvalue weighted by Crippen LogP contribution is -2.40. The lowest BCUT2D eigenvalue weighted by Gasteiger charge is -2.29. The zero-order chi connectivity index (χ0) is 12.3. The Balaban J connectivity index is 1.96. The third kappa shape index (κ3) is 3.53. The van der Waals surface area contributed by atoms with Crippen molar-refractivity contribution in [3.05, 3.63) is 11.6 Å². The molecule has 0 aromatic carbocycles. The molecule has 0 aliphatic carbocycles. The topological polar surface area (TPSA) is 49.4 Å². The van der Waals surface area contributed by atoms with Crippen LogP contribution in [-0.2, 0) is 10.0 Å². The van der Waals surface area contributed by atoms with Crippen LogP contribution in [0.3, 0.4) is 0 Å². The maximum atomic E-state index is 12.3. The van der Waals surface area contributed by atoms with Gasteiger partial charge in [-0.1, -0.05) is 11.6 Å². The Bertz CT molecular complexity index is 383. The quantitative estimate of drug-likeness (QED) is 0.767. The summed E-state index contributed by atoms with van der Waals surface area (Å²) in [6, 6.07) is 0. The minimum atomic E-state index is -3.05. The lowest BCUT2D eigenvalue weighted by molar-refractivity contribution is 0.380. The van der Waals surface area contributed by atoms with Gasteiger partial charge in [0.05, 0.1) is 5.75 Å². The van der Waals surface area contributed by atoms with E-state index in [4.69, 9.17) is 0 Å². The summed E-state index contributed by atoms with van der Waals surface area (Å²) in [7, 11) is -3.05. The van der Waals surface area contributed by atoms with Gasteiger partial charge in [0.15, 0.2) is 0 Å². The van der Waals surface area contributed by atoms with Crippen molar-refractivity contribution in [2.45, 2.75) is 26.2 Å². The van der Waals surface area contributed by atoms with Crippen LogP contribution < -0.4 is 5.32 Å². The number of nitrogens with one attached hydrogen (secondary N) is 1. The summed E-state index contributed by atoms with van der Waals surface area (Å²) in [6.07, 6.45) is 4.97. The fourth-order valence-corrected chi connectivity index (χ4v) is 4.49. The molecule has 1 N–H and O–H groups in total. The van der Waals surface area contributed by atoms with E-state index in [0.29, 0.717) is 24.8 Å². The summed E-state index contributed by atoms with van der Waals surface area (Å²) in [6.45, 7) is 5.17. The number of hydrogen-bond acceptors (Lipinski definition) is 3. The van der Waals surface area contributed by atoms with E-state index in [9.17, 15) is 8.42 Å². The molecular formula is C12H22N2O2S. The van der Waals surface area contributed by atoms with Crippen LogP contribution >= 0.6 is 0 Å². The second-order valence-corrected chi connectivity index (χ2v) is 7.16. The Morgan fingerprint density at radius 2 is 2.12 bits per heavy atom. The van der Waals surface area contributed by atoms with Crippen molar-refractivity contribution in [3.8, 4) is 0 Å². The molecule has 0 bridgehead atoms. The number of piperidine rings is 1. The van der Waals surface area contributed by atoms with Gasteiger partial charge in [0.1, 0.15) is 0 Å². The molecule has 0 spiro atoms. The Kier molecular flexibility index (Phi) is 4.22. The molecule has 0 amide bonds. The van der Waals surface area contributed by atoms with Crippen molar-refractivity contribution in [1.29, 1.82) is 0 Å². The summed E-state index contributed by atoms with van der Waals surface area (Å²) in [5.41, 5.74) is 1.17. The van der Waals surface area contributed by atoms with E-state index >= 15 is 0 Å². The molecule has 2 rings (SSSR count). The molecule has 2 aliphatic heterocycles. The molecule has 0 aromatic heterocycles. The smallest absolute Gasteiger partial charge is 0.214 e. The van der Waals surface area contributed by atoms with Gasteiger partial charge in [0.2, 0.25) is 10.0 Å². The molecule has 5 heteroatoms. The Hall–Kier alpha value is -0.390. The van der Waals surface area contributed by atoms with Gasteiger partial charge in [0.25, 0.3) is 0 Å². The van der Waals surface area contributed by atoms with Crippen molar-refractivity contribution in [2.24, 2.45) is 5.92 Å². The molecular weight excluding hydrogens is 236 g/mol. The van der Waals surface area contributed by atoms with Crippen molar-refractivity contribution in [1.82, 2.24) is 9.62 Å². The molecule has 2 aliphatic rings. The molecule has 1 fully saturated rings. The third-order valence-electron chi connectivity index (χ3n) is 3.60. The predicted molar refractivity (Wildman–Crippen MR) is 69.3 cm³/mol. The molecule has 98 valence electrons. The second-order valence-electron chi connectivity index (χ2n) is 5.14. The molecule has 1 saturated heterocycles. The highest BCUT2D eigenvalue weighted by Gasteiger charge is 2.27. The van der Waals surface area contributed by atoms with Crippen LogP contribution in [0, 0.1) is 5.92 Å². The fourth-order valence-electron chi connectivity index (χ4n) is 2.57. The lowest BCUT2D eigenvalue weighted by atomic mass is 10.0. The van der Waals surface area contributed by atoms with Crippen molar-refractivity contribution >= 4 is 10.0 Å². The SMILES string of the molecule is CC1=CCCN(S(=O)(=O)CC2CCNCC2)C1. The summed E-state index contributed by atoms with van der Waals surface area (Å²) in [5.74, 6) is 0.676. The fraction of sp³-hybridized carbons (Fsp3) is 0.833. The minimum Gasteiger partial charge on any atom is -0.317 e. The first kappa shape index (κ1) is 13.1. The number of hydrogen-bond donors (Lipinski definition) is 1. The molecule has 2 heterocycles. The van der Waals surface area contributed by atoms with Gasteiger partial charge < -0.3 is 5.32 Å². The molecule has 0 radical (unpaired) electrons. The zero-order valence-electron chi connectivity index (χ0n) is 10.5. The van der Waals surface area contributed by atoms with Crippen LogP contribution in [0.2, 0.25) is 0 Å². The first-order valence-electron chi connectivity index (χ1n) is 6.42. The molecule has 0 atom stereocenters. The van der Waals surface area contributed by atoms with E-state index in [-0.39, 0.29) is 0 Å². The van der Waals surface area contributed by atoms with Gasteiger partial charge >= 0.3 is 0 Å². The Morgan fingerprint density at radius 1 is 1.41 bits per heavy atom. The highest BCUT2D eigenvalue weighted by molar-refractivity contribution is 7.89. The van der Waals surface area contributed by atoms with Gasteiger partial charge in [-0.3, -0.25) is 0 Å². The van der Waals surface area contributed by atoms with Crippen LogP contribution in [0.1, 0.15) is 26.2 Å². The Morgan fingerprint density at radius 3 is 2.76 bits per heavy atom. The van der Waals surface area contributed by atoms with Crippen molar-refractivity contribution < 1.29 is 8.42 Å². The third-order valence-corrected chi connectivity index (χ3v) is 5.59. The van der Waals surface area contributed by atoms with E-state index in [1.165, 1.54) is 5.57 Å². The average Bonchev–Trinajstić information content (AvgIpc) is 2.30. The normalized spacial score (nSPS) is 24.6. The van der Waals surface area contributed by atoms with Gasteiger partial charge in [-0.25, -0.2) is 8.42 Å². The van der Waals surface area contributed by atoms with Crippen LogP contribution in [0.5, 0.6) is 0 Å². The predicted octanol–water partition coefficient (Wildman–Crippen LogP) is 0.968. The summed E-state index contributed by atoms with van der Waals surface area (Å²) in [4.78, 5) is 0. The largest absolute Gasteiger partial charge is 0.317 e. The van der Waals surface area contributed by atoms with Gasteiger partial charge in [-0.15, -0.1) is 0 Å².